The molecule has 116 valence electrons. The van der Waals surface area contributed by atoms with Gasteiger partial charge >= 0.3 is 5.97 Å². The number of nitrogens with zero attached hydrogens (tertiary/aromatic N) is 1. The molecular formula is C15H19F2NO3. The molecule has 6 heteroatoms. The maximum Gasteiger partial charge on any atom is 0.307 e. The largest absolute Gasteiger partial charge is 0.466 e. The first-order valence-electron chi connectivity index (χ1n) is 7.04. The van der Waals surface area contributed by atoms with E-state index in [-0.39, 0.29) is 13.0 Å². The third-order valence-corrected chi connectivity index (χ3v) is 3.47. The van der Waals surface area contributed by atoms with Crippen LogP contribution in [0.15, 0.2) is 18.2 Å². The van der Waals surface area contributed by atoms with Gasteiger partial charge in [0.2, 0.25) is 0 Å². The van der Waals surface area contributed by atoms with Crippen molar-refractivity contribution in [3.63, 3.8) is 0 Å². The van der Waals surface area contributed by atoms with E-state index in [0.29, 0.717) is 31.9 Å². The van der Waals surface area contributed by atoms with Gasteiger partial charge in [0.15, 0.2) is 0 Å². The normalized spacial score (nSPS) is 17.5. The van der Waals surface area contributed by atoms with Crippen molar-refractivity contribution in [2.45, 2.75) is 19.4 Å². The molecule has 0 bridgehead atoms. The van der Waals surface area contributed by atoms with Crippen LogP contribution in [0.25, 0.3) is 0 Å². The maximum atomic E-state index is 14.0. The lowest BCUT2D eigenvalue weighted by Gasteiger charge is -2.34. The van der Waals surface area contributed by atoms with E-state index < -0.39 is 23.6 Å². The van der Waals surface area contributed by atoms with Crippen molar-refractivity contribution in [1.29, 1.82) is 0 Å². The van der Waals surface area contributed by atoms with Gasteiger partial charge in [-0.1, -0.05) is 6.07 Å². The molecule has 0 aliphatic carbocycles. The van der Waals surface area contributed by atoms with Crippen LogP contribution >= 0.6 is 0 Å². The Morgan fingerprint density at radius 2 is 2.10 bits per heavy atom. The summed E-state index contributed by atoms with van der Waals surface area (Å²) in [6, 6.07) is 2.98. The van der Waals surface area contributed by atoms with Gasteiger partial charge in [-0.3, -0.25) is 9.69 Å². The Hall–Kier alpha value is -1.53. The van der Waals surface area contributed by atoms with Gasteiger partial charge in [-0.15, -0.1) is 0 Å². The van der Waals surface area contributed by atoms with E-state index in [2.05, 4.69) is 0 Å². The third kappa shape index (κ3) is 4.22. The molecule has 1 unspecified atom stereocenters. The fraction of sp³-hybridized carbons (Fsp3) is 0.533. The summed E-state index contributed by atoms with van der Waals surface area (Å²) < 4.78 is 37.3. The average molecular weight is 299 g/mol. The van der Waals surface area contributed by atoms with Crippen molar-refractivity contribution in [2.24, 2.45) is 0 Å². The molecule has 1 aromatic carbocycles. The highest BCUT2D eigenvalue weighted by Gasteiger charge is 2.27. The highest BCUT2D eigenvalue weighted by molar-refractivity contribution is 5.70. The predicted octanol–water partition coefficient (Wildman–Crippen LogP) is 2.29. The lowest BCUT2D eigenvalue weighted by Crippen LogP contribution is -2.40. The zero-order valence-electron chi connectivity index (χ0n) is 12.0. The maximum absolute atomic E-state index is 14.0. The first-order valence-corrected chi connectivity index (χ1v) is 7.04. The molecule has 0 radical (unpaired) electrons. The van der Waals surface area contributed by atoms with E-state index in [9.17, 15) is 13.6 Å². The third-order valence-electron chi connectivity index (χ3n) is 3.47. The molecule has 0 N–H and O–H groups in total. The molecule has 2 rings (SSSR count). The van der Waals surface area contributed by atoms with Gasteiger partial charge in [-0.2, -0.15) is 0 Å². The molecule has 4 nitrogen and oxygen atoms in total. The summed E-state index contributed by atoms with van der Waals surface area (Å²) in [5.74, 6) is -1.67. The van der Waals surface area contributed by atoms with E-state index >= 15 is 0 Å². The van der Waals surface area contributed by atoms with Gasteiger partial charge in [-0.05, 0) is 13.0 Å². The van der Waals surface area contributed by atoms with E-state index in [1.165, 1.54) is 12.1 Å². The van der Waals surface area contributed by atoms with Crippen molar-refractivity contribution in [1.82, 2.24) is 4.90 Å². The smallest absolute Gasteiger partial charge is 0.307 e. The van der Waals surface area contributed by atoms with Crippen LogP contribution in [0.3, 0.4) is 0 Å². The van der Waals surface area contributed by atoms with Crippen LogP contribution in [0, 0.1) is 11.6 Å². The minimum absolute atomic E-state index is 0.0381. The highest BCUT2D eigenvalue weighted by atomic mass is 19.1. The van der Waals surface area contributed by atoms with E-state index in [4.69, 9.17) is 9.47 Å². The van der Waals surface area contributed by atoms with Gasteiger partial charge in [0.05, 0.1) is 26.2 Å². The molecule has 0 spiro atoms. The van der Waals surface area contributed by atoms with Gasteiger partial charge < -0.3 is 9.47 Å². The van der Waals surface area contributed by atoms with E-state index in [1.54, 1.807) is 6.92 Å². The average Bonchev–Trinajstić information content (AvgIpc) is 2.47. The fourth-order valence-electron chi connectivity index (χ4n) is 2.47. The van der Waals surface area contributed by atoms with Crippen LogP contribution in [0.2, 0.25) is 0 Å². The van der Waals surface area contributed by atoms with Crippen LogP contribution < -0.4 is 0 Å². The van der Waals surface area contributed by atoms with Crippen molar-refractivity contribution in [3.05, 3.63) is 35.4 Å². The molecule has 1 aliphatic heterocycles. The molecule has 1 aliphatic rings. The SMILES string of the molecule is CCOC(=O)CC(c1ccc(F)cc1F)N1CCOCC1. The van der Waals surface area contributed by atoms with Gasteiger partial charge in [-0.25, -0.2) is 8.78 Å². The zero-order valence-corrected chi connectivity index (χ0v) is 12.0. The zero-order chi connectivity index (χ0) is 15.2. The molecule has 1 fully saturated rings. The van der Waals surface area contributed by atoms with Crippen molar-refractivity contribution < 1.29 is 23.0 Å². The molecule has 1 aromatic rings. The summed E-state index contributed by atoms with van der Waals surface area (Å²) in [7, 11) is 0. The Kier molecular flexibility index (Phi) is 5.64. The Balaban J connectivity index is 2.23. The Morgan fingerprint density at radius 1 is 1.38 bits per heavy atom. The minimum atomic E-state index is -0.643. The molecule has 1 atom stereocenters. The van der Waals surface area contributed by atoms with Crippen LogP contribution in [0.1, 0.15) is 24.9 Å². The standard InChI is InChI=1S/C15H19F2NO3/c1-2-21-15(19)10-14(18-5-7-20-8-6-18)12-4-3-11(16)9-13(12)17/h3-4,9,14H,2,5-8,10H2,1H3. The first-order chi connectivity index (χ1) is 10.1. The number of carbonyl (C=O) groups excluding carboxylic acids is 1. The number of morpholine rings is 1. The lowest BCUT2D eigenvalue weighted by atomic mass is 10.0. The first kappa shape index (κ1) is 15.9. The van der Waals surface area contributed by atoms with Crippen LogP contribution in [0.4, 0.5) is 8.78 Å². The van der Waals surface area contributed by atoms with Crippen molar-refractivity contribution in [2.75, 3.05) is 32.9 Å². The number of ether oxygens (including phenoxy) is 2. The summed E-state index contributed by atoms with van der Waals surface area (Å²) in [6.45, 7) is 4.26. The van der Waals surface area contributed by atoms with E-state index in [0.717, 1.165) is 6.07 Å². The summed E-state index contributed by atoms with van der Waals surface area (Å²) >= 11 is 0. The monoisotopic (exact) mass is 299 g/mol. The second kappa shape index (κ2) is 7.47. The van der Waals surface area contributed by atoms with Crippen molar-refractivity contribution >= 4 is 5.97 Å². The van der Waals surface area contributed by atoms with Crippen LogP contribution in [0.5, 0.6) is 0 Å². The number of rotatable bonds is 5. The number of benzene rings is 1. The van der Waals surface area contributed by atoms with Gasteiger partial charge in [0.25, 0.3) is 0 Å². The number of hydrogen-bond acceptors (Lipinski definition) is 4. The number of halogens is 2. The van der Waals surface area contributed by atoms with Gasteiger partial charge in [0.1, 0.15) is 11.6 Å². The quantitative estimate of drug-likeness (QED) is 0.782. The Bertz CT molecular complexity index is 490. The highest BCUT2D eigenvalue weighted by Crippen LogP contribution is 2.28. The summed E-state index contributed by atoms with van der Waals surface area (Å²) in [5.41, 5.74) is 0.311. The molecule has 1 saturated heterocycles. The molecule has 21 heavy (non-hydrogen) atoms. The lowest BCUT2D eigenvalue weighted by molar-refractivity contribution is -0.145. The van der Waals surface area contributed by atoms with Crippen LogP contribution in [-0.2, 0) is 14.3 Å². The molecule has 0 aromatic heterocycles. The van der Waals surface area contributed by atoms with Crippen molar-refractivity contribution in [3.8, 4) is 0 Å². The second-order valence-corrected chi connectivity index (χ2v) is 4.84. The number of esters is 1. The van der Waals surface area contributed by atoms with Crippen LogP contribution in [-0.4, -0.2) is 43.8 Å². The summed E-state index contributed by atoms with van der Waals surface area (Å²) in [6.07, 6.45) is 0.0381. The van der Waals surface area contributed by atoms with E-state index in [1.807, 2.05) is 4.90 Å². The predicted molar refractivity (Wildman–Crippen MR) is 72.7 cm³/mol. The Labute approximate surface area is 122 Å². The Morgan fingerprint density at radius 3 is 2.71 bits per heavy atom. The summed E-state index contributed by atoms with van der Waals surface area (Å²) in [4.78, 5) is 13.7. The molecule has 0 saturated carbocycles. The number of hydrogen-bond donors (Lipinski definition) is 0. The minimum Gasteiger partial charge on any atom is -0.466 e. The summed E-state index contributed by atoms with van der Waals surface area (Å²) in [5, 5.41) is 0. The number of carbonyl (C=O) groups is 1. The second-order valence-electron chi connectivity index (χ2n) is 4.84. The van der Waals surface area contributed by atoms with Gasteiger partial charge in [0, 0.05) is 30.8 Å². The molecular weight excluding hydrogens is 280 g/mol. The fourth-order valence-corrected chi connectivity index (χ4v) is 2.47. The molecule has 0 amide bonds. The topological polar surface area (TPSA) is 38.8 Å². The molecule has 1 heterocycles.